The standard InChI is InChI=1S/C11H16N2/c1-4-5-10(12)7-11-8(2)6-9(3)13-11/h4-7,13H,12H2,1-3H3/b5-4-,10-7-. The third-order valence-corrected chi connectivity index (χ3v) is 1.86. The van der Waals surface area contributed by atoms with Crippen LogP contribution in [0, 0.1) is 13.8 Å². The maximum atomic E-state index is 5.75. The van der Waals surface area contributed by atoms with Gasteiger partial charge in [-0.25, -0.2) is 0 Å². The number of aryl methyl sites for hydroxylation is 2. The maximum Gasteiger partial charge on any atom is 0.0432 e. The van der Waals surface area contributed by atoms with E-state index in [-0.39, 0.29) is 0 Å². The van der Waals surface area contributed by atoms with Crippen LogP contribution in [0.5, 0.6) is 0 Å². The molecule has 0 aliphatic carbocycles. The molecule has 2 nitrogen and oxygen atoms in total. The molecule has 70 valence electrons. The van der Waals surface area contributed by atoms with Gasteiger partial charge in [-0.1, -0.05) is 6.08 Å². The lowest BCUT2D eigenvalue weighted by molar-refractivity contribution is 1.24. The molecule has 0 fully saturated rings. The van der Waals surface area contributed by atoms with Gasteiger partial charge in [0.1, 0.15) is 0 Å². The molecule has 1 heterocycles. The van der Waals surface area contributed by atoms with E-state index in [4.69, 9.17) is 5.73 Å². The van der Waals surface area contributed by atoms with E-state index in [2.05, 4.69) is 18.0 Å². The van der Waals surface area contributed by atoms with Gasteiger partial charge in [0.05, 0.1) is 0 Å². The third kappa shape index (κ3) is 2.51. The van der Waals surface area contributed by atoms with Gasteiger partial charge in [-0.3, -0.25) is 0 Å². The van der Waals surface area contributed by atoms with Crippen LogP contribution in [0.15, 0.2) is 23.9 Å². The minimum Gasteiger partial charge on any atom is -0.399 e. The average Bonchev–Trinajstić information content (AvgIpc) is 2.30. The molecule has 0 spiro atoms. The van der Waals surface area contributed by atoms with Crippen molar-refractivity contribution in [2.75, 3.05) is 0 Å². The Balaban J connectivity index is 2.96. The first kappa shape index (κ1) is 9.65. The van der Waals surface area contributed by atoms with Crippen LogP contribution in [0.1, 0.15) is 23.9 Å². The van der Waals surface area contributed by atoms with Crippen LogP contribution in [0.25, 0.3) is 6.08 Å². The van der Waals surface area contributed by atoms with E-state index in [1.54, 1.807) is 0 Å². The minimum atomic E-state index is 0.771. The normalized spacial score (nSPS) is 12.7. The van der Waals surface area contributed by atoms with Gasteiger partial charge in [0.25, 0.3) is 0 Å². The fourth-order valence-electron chi connectivity index (χ4n) is 1.31. The smallest absolute Gasteiger partial charge is 0.0432 e. The zero-order chi connectivity index (χ0) is 9.84. The lowest BCUT2D eigenvalue weighted by atomic mass is 10.2. The van der Waals surface area contributed by atoms with E-state index >= 15 is 0 Å². The molecule has 0 aliphatic heterocycles. The predicted octanol–water partition coefficient (Wildman–Crippen LogP) is 2.51. The van der Waals surface area contributed by atoms with E-state index in [0.717, 1.165) is 17.1 Å². The number of aromatic nitrogens is 1. The van der Waals surface area contributed by atoms with Crippen molar-refractivity contribution >= 4 is 6.08 Å². The number of hydrogen-bond acceptors (Lipinski definition) is 1. The summed E-state index contributed by atoms with van der Waals surface area (Å²) < 4.78 is 0. The number of hydrogen-bond donors (Lipinski definition) is 2. The van der Waals surface area contributed by atoms with E-state index in [0.29, 0.717) is 0 Å². The highest BCUT2D eigenvalue weighted by atomic mass is 14.7. The van der Waals surface area contributed by atoms with Gasteiger partial charge in [-0.15, -0.1) is 0 Å². The fraction of sp³-hybridized carbons (Fsp3) is 0.273. The van der Waals surface area contributed by atoms with Crippen LogP contribution < -0.4 is 5.73 Å². The Kier molecular flexibility index (Phi) is 2.96. The summed E-state index contributed by atoms with van der Waals surface area (Å²) in [7, 11) is 0. The molecule has 0 atom stereocenters. The second-order valence-electron chi connectivity index (χ2n) is 3.19. The first-order chi connectivity index (χ1) is 6.13. The van der Waals surface area contributed by atoms with Crippen LogP contribution in [0.2, 0.25) is 0 Å². The molecular weight excluding hydrogens is 160 g/mol. The summed E-state index contributed by atoms with van der Waals surface area (Å²) in [6.07, 6.45) is 5.76. The summed E-state index contributed by atoms with van der Waals surface area (Å²) >= 11 is 0. The quantitative estimate of drug-likeness (QED) is 0.668. The zero-order valence-corrected chi connectivity index (χ0v) is 8.39. The summed E-state index contributed by atoms with van der Waals surface area (Å²) in [5.41, 5.74) is 10.0. The highest BCUT2D eigenvalue weighted by molar-refractivity contribution is 5.55. The van der Waals surface area contributed by atoms with Crippen molar-refractivity contribution in [2.45, 2.75) is 20.8 Å². The van der Waals surface area contributed by atoms with Gasteiger partial charge >= 0.3 is 0 Å². The Morgan fingerprint density at radius 1 is 1.46 bits per heavy atom. The summed E-state index contributed by atoms with van der Waals surface area (Å²) in [5.74, 6) is 0. The van der Waals surface area contributed by atoms with Gasteiger partial charge in [0, 0.05) is 17.1 Å². The van der Waals surface area contributed by atoms with Crippen molar-refractivity contribution in [1.82, 2.24) is 4.98 Å². The van der Waals surface area contributed by atoms with Crippen molar-refractivity contribution in [3.63, 3.8) is 0 Å². The van der Waals surface area contributed by atoms with Crippen molar-refractivity contribution in [3.05, 3.63) is 40.9 Å². The lowest BCUT2D eigenvalue weighted by Gasteiger charge is -1.93. The van der Waals surface area contributed by atoms with Gasteiger partial charge < -0.3 is 10.7 Å². The van der Waals surface area contributed by atoms with Gasteiger partial charge in [-0.2, -0.15) is 0 Å². The van der Waals surface area contributed by atoms with Crippen molar-refractivity contribution in [3.8, 4) is 0 Å². The van der Waals surface area contributed by atoms with Crippen LogP contribution in [0.3, 0.4) is 0 Å². The first-order valence-corrected chi connectivity index (χ1v) is 4.39. The number of H-pyrrole nitrogens is 1. The number of allylic oxidation sites excluding steroid dienone is 2. The van der Waals surface area contributed by atoms with Gasteiger partial charge in [0.2, 0.25) is 0 Å². The molecule has 0 bridgehead atoms. The summed E-state index contributed by atoms with van der Waals surface area (Å²) in [6.45, 7) is 6.06. The van der Waals surface area contributed by atoms with Crippen LogP contribution in [0.4, 0.5) is 0 Å². The molecule has 3 N–H and O–H groups in total. The van der Waals surface area contributed by atoms with Crippen LogP contribution in [-0.4, -0.2) is 4.98 Å². The maximum absolute atomic E-state index is 5.75. The van der Waals surface area contributed by atoms with Gasteiger partial charge in [0.15, 0.2) is 0 Å². The topological polar surface area (TPSA) is 41.8 Å². The summed E-state index contributed by atoms with van der Waals surface area (Å²) in [5, 5.41) is 0. The summed E-state index contributed by atoms with van der Waals surface area (Å²) in [4.78, 5) is 3.24. The summed E-state index contributed by atoms with van der Waals surface area (Å²) in [6, 6.07) is 2.11. The molecule has 0 unspecified atom stereocenters. The van der Waals surface area contributed by atoms with Crippen molar-refractivity contribution in [1.29, 1.82) is 0 Å². The van der Waals surface area contributed by atoms with Crippen molar-refractivity contribution in [2.24, 2.45) is 5.73 Å². The molecule has 1 aromatic heterocycles. The molecule has 0 saturated heterocycles. The molecular formula is C11H16N2. The van der Waals surface area contributed by atoms with Crippen LogP contribution in [-0.2, 0) is 0 Å². The number of rotatable bonds is 2. The Hall–Kier alpha value is -1.44. The number of nitrogens with one attached hydrogen (secondary N) is 1. The fourth-order valence-corrected chi connectivity index (χ4v) is 1.31. The predicted molar refractivity (Wildman–Crippen MR) is 57.2 cm³/mol. The molecule has 2 heteroatoms. The second-order valence-corrected chi connectivity index (χ2v) is 3.19. The SMILES string of the molecule is C/C=C\C(N)=C\c1[nH]c(C)cc1C. The lowest BCUT2D eigenvalue weighted by Crippen LogP contribution is -1.92. The second kappa shape index (κ2) is 3.99. The molecule has 1 rings (SSSR count). The molecule has 0 aromatic carbocycles. The molecule has 0 amide bonds. The third-order valence-electron chi connectivity index (χ3n) is 1.86. The first-order valence-electron chi connectivity index (χ1n) is 4.39. The highest BCUT2D eigenvalue weighted by Crippen LogP contribution is 2.11. The molecule has 0 saturated carbocycles. The largest absolute Gasteiger partial charge is 0.399 e. The highest BCUT2D eigenvalue weighted by Gasteiger charge is 1.97. The Morgan fingerprint density at radius 3 is 2.62 bits per heavy atom. The Bertz CT molecular complexity index is 343. The number of aromatic amines is 1. The van der Waals surface area contributed by atoms with E-state index in [1.807, 2.05) is 32.1 Å². The van der Waals surface area contributed by atoms with Gasteiger partial charge in [-0.05, 0) is 44.6 Å². The minimum absolute atomic E-state index is 0.771. The van der Waals surface area contributed by atoms with E-state index in [1.165, 1.54) is 5.56 Å². The Morgan fingerprint density at radius 2 is 2.15 bits per heavy atom. The van der Waals surface area contributed by atoms with Crippen molar-refractivity contribution < 1.29 is 0 Å². The van der Waals surface area contributed by atoms with E-state index < -0.39 is 0 Å². The molecule has 0 radical (unpaired) electrons. The molecule has 0 aliphatic rings. The average molecular weight is 176 g/mol. The van der Waals surface area contributed by atoms with E-state index in [9.17, 15) is 0 Å². The Labute approximate surface area is 79.2 Å². The van der Waals surface area contributed by atoms with Crippen LogP contribution >= 0.6 is 0 Å². The number of nitrogens with two attached hydrogens (primary N) is 1. The molecule has 13 heavy (non-hydrogen) atoms. The molecule has 1 aromatic rings. The zero-order valence-electron chi connectivity index (χ0n) is 8.39. The monoisotopic (exact) mass is 176 g/mol.